The van der Waals surface area contributed by atoms with Crippen LogP contribution in [0.15, 0.2) is 0 Å². The van der Waals surface area contributed by atoms with Gasteiger partial charge in [-0.25, -0.2) is 0 Å². The van der Waals surface area contributed by atoms with E-state index in [1.165, 1.54) is 0 Å². The molecule has 0 aliphatic heterocycles. The van der Waals surface area contributed by atoms with Crippen LogP contribution in [0.4, 0.5) is 0 Å². The topological polar surface area (TPSA) is 97.5 Å². The van der Waals surface area contributed by atoms with Gasteiger partial charge in [0.05, 0.1) is 0 Å². The number of carboxylic acid groups (broad SMARTS) is 1. The maximum absolute atomic E-state index is 10.1. The Labute approximate surface area is 74.3 Å². The Kier molecular flexibility index (Phi) is 11.6. The Balaban J connectivity index is 0. The fourth-order valence-corrected chi connectivity index (χ4v) is 0.858. The first-order valence-electron chi connectivity index (χ1n) is 3.06. The zero-order chi connectivity index (χ0) is 9.98. The summed E-state index contributed by atoms with van der Waals surface area (Å²) in [5.41, 5.74) is 5.19. The standard InChI is InChI=1S/C5H11NO2S.CO2/c1-9-3-2-4(6)5(7)8;2-1-3/h4H,2-3,6H2,1H3,(H,7,8);/t4-;/m0./s1. The van der Waals surface area contributed by atoms with Crippen molar-refractivity contribution in [2.45, 2.75) is 12.5 Å². The van der Waals surface area contributed by atoms with Gasteiger partial charge in [-0.15, -0.1) is 0 Å². The van der Waals surface area contributed by atoms with E-state index in [0.717, 1.165) is 5.75 Å². The molecule has 0 heterocycles. The minimum atomic E-state index is -0.913. The lowest BCUT2D eigenvalue weighted by molar-refractivity contribution is -0.191. The molecule has 70 valence electrons. The molecule has 0 aromatic rings. The van der Waals surface area contributed by atoms with Crippen LogP contribution in [0.5, 0.6) is 0 Å². The molecule has 0 bridgehead atoms. The second-order valence-corrected chi connectivity index (χ2v) is 2.80. The minimum absolute atomic E-state index is 0.250. The smallest absolute Gasteiger partial charge is 0.373 e. The lowest BCUT2D eigenvalue weighted by atomic mass is 10.2. The summed E-state index contributed by atoms with van der Waals surface area (Å²) in [6.07, 6.45) is 2.73. The molecule has 0 radical (unpaired) electrons. The molecule has 0 amide bonds. The zero-order valence-corrected chi connectivity index (χ0v) is 7.47. The van der Waals surface area contributed by atoms with Crippen LogP contribution in [0.1, 0.15) is 6.42 Å². The van der Waals surface area contributed by atoms with Crippen LogP contribution in [0.2, 0.25) is 0 Å². The molecule has 3 N–H and O–H groups in total. The molecule has 5 nitrogen and oxygen atoms in total. The van der Waals surface area contributed by atoms with Gasteiger partial charge in [-0.2, -0.15) is 21.4 Å². The van der Waals surface area contributed by atoms with Gasteiger partial charge in [-0.05, 0) is 18.4 Å². The Bertz CT molecular complexity index is 156. The van der Waals surface area contributed by atoms with Crippen molar-refractivity contribution in [3.63, 3.8) is 0 Å². The molecule has 12 heavy (non-hydrogen) atoms. The average molecular weight is 193 g/mol. The highest BCUT2D eigenvalue weighted by molar-refractivity contribution is 7.98. The molecule has 0 aromatic heterocycles. The van der Waals surface area contributed by atoms with Crippen molar-refractivity contribution in [1.29, 1.82) is 0 Å². The first kappa shape index (κ1) is 13.7. The molecule has 0 aliphatic carbocycles. The SMILES string of the molecule is CSCC[C@H](N)C(=O)O.O=C=O. The van der Waals surface area contributed by atoms with Crippen LogP contribution in [-0.4, -0.2) is 35.3 Å². The third-order valence-electron chi connectivity index (χ3n) is 0.950. The van der Waals surface area contributed by atoms with E-state index in [1.54, 1.807) is 11.8 Å². The predicted molar refractivity (Wildman–Crippen MR) is 43.6 cm³/mol. The molecule has 0 aromatic carbocycles. The van der Waals surface area contributed by atoms with E-state index in [-0.39, 0.29) is 6.15 Å². The van der Waals surface area contributed by atoms with Crippen molar-refractivity contribution in [1.82, 2.24) is 0 Å². The van der Waals surface area contributed by atoms with Crippen LogP contribution < -0.4 is 5.73 Å². The second kappa shape index (κ2) is 10.2. The lowest BCUT2D eigenvalue weighted by Crippen LogP contribution is -2.30. The second-order valence-electron chi connectivity index (χ2n) is 1.81. The van der Waals surface area contributed by atoms with Gasteiger partial charge in [0.2, 0.25) is 0 Å². The Morgan fingerprint density at radius 1 is 1.67 bits per heavy atom. The molecule has 6 heteroatoms. The van der Waals surface area contributed by atoms with Crippen molar-refractivity contribution in [3.8, 4) is 0 Å². The number of aliphatic carboxylic acids is 1. The first-order valence-corrected chi connectivity index (χ1v) is 4.46. The molecule has 0 spiro atoms. The van der Waals surface area contributed by atoms with Crippen molar-refractivity contribution < 1.29 is 19.5 Å². The number of carbonyl (C=O) groups excluding carboxylic acids is 2. The minimum Gasteiger partial charge on any atom is -0.480 e. The van der Waals surface area contributed by atoms with Gasteiger partial charge in [-0.1, -0.05) is 0 Å². The summed E-state index contributed by atoms with van der Waals surface area (Å²) in [7, 11) is 0. The maximum Gasteiger partial charge on any atom is 0.373 e. The Morgan fingerprint density at radius 3 is 2.33 bits per heavy atom. The Morgan fingerprint density at radius 2 is 2.08 bits per heavy atom. The van der Waals surface area contributed by atoms with E-state index >= 15 is 0 Å². The summed E-state index contributed by atoms with van der Waals surface area (Å²) in [6.45, 7) is 0. The summed E-state index contributed by atoms with van der Waals surface area (Å²) in [5, 5.41) is 8.27. The molecule has 0 saturated carbocycles. The summed E-state index contributed by atoms with van der Waals surface area (Å²) >= 11 is 1.60. The van der Waals surface area contributed by atoms with E-state index < -0.39 is 12.0 Å². The highest BCUT2D eigenvalue weighted by atomic mass is 32.2. The number of hydrogen-bond acceptors (Lipinski definition) is 5. The van der Waals surface area contributed by atoms with Crippen LogP contribution in [0.3, 0.4) is 0 Å². The van der Waals surface area contributed by atoms with E-state index in [2.05, 4.69) is 0 Å². The van der Waals surface area contributed by atoms with Gasteiger partial charge >= 0.3 is 12.1 Å². The van der Waals surface area contributed by atoms with E-state index in [9.17, 15) is 4.79 Å². The van der Waals surface area contributed by atoms with E-state index in [1.807, 2.05) is 6.26 Å². The number of hydrogen-bond donors (Lipinski definition) is 2. The summed E-state index contributed by atoms with van der Waals surface area (Å²) in [5.74, 6) is -0.1000. The maximum atomic E-state index is 10.1. The molecular weight excluding hydrogens is 182 g/mol. The van der Waals surface area contributed by atoms with Gasteiger partial charge < -0.3 is 10.8 Å². The molecule has 0 saturated heterocycles. The van der Waals surface area contributed by atoms with Gasteiger partial charge in [0.1, 0.15) is 6.04 Å². The van der Waals surface area contributed by atoms with Crippen LogP contribution in [-0.2, 0) is 14.4 Å². The van der Waals surface area contributed by atoms with Crippen LogP contribution >= 0.6 is 11.8 Å². The van der Waals surface area contributed by atoms with Crippen molar-refractivity contribution in [3.05, 3.63) is 0 Å². The fraction of sp³-hybridized carbons (Fsp3) is 0.667. The third-order valence-corrected chi connectivity index (χ3v) is 1.59. The monoisotopic (exact) mass is 193 g/mol. The quantitative estimate of drug-likeness (QED) is 0.628. The van der Waals surface area contributed by atoms with Crippen molar-refractivity contribution in [2.75, 3.05) is 12.0 Å². The third kappa shape index (κ3) is 11.9. The van der Waals surface area contributed by atoms with Gasteiger partial charge in [-0.3, -0.25) is 4.79 Å². The molecule has 0 rings (SSSR count). The highest BCUT2D eigenvalue weighted by Gasteiger charge is 2.08. The number of nitrogens with two attached hydrogens (primary N) is 1. The molecule has 0 fully saturated rings. The lowest BCUT2D eigenvalue weighted by Gasteiger charge is -2.02. The fourth-order valence-electron chi connectivity index (χ4n) is 0.368. The van der Waals surface area contributed by atoms with Gasteiger partial charge in [0.15, 0.2) is 0 Å². The normalized spacial score (nSPS) is 10.5. The summed E-state index contributed by atoms with van der Waals surface area (Å²) in [6, 6.07) is -0.683. The van der Waals surface area contributed by atoms with Crippen LogP contribution in [0, 0.1) is 0 Å². The Hall–Kier alpha value is -0.840. The zero-order valence-electron chi connectivity index (χ0n) is 6.65. The van der Waals surface area contributed by atoms with Gasteiger partial charge in [0, 0.05) is 0 Å². The molecule has 1 atom stereocenters. The van der Waals surface area contributed by atoms with Crippen LogP contribution in [0.25, 0.3) is 0 Å². The number of rotatable bonds is 4. The first-order chi connectivity index (χ1) is 5.59. The average Bonchev–Trinajstić information content (AvgIpc) is 2.01. The number of thioether (sulfide) groups is 1. The van der Waals surface area contributed by atoms with Crippen molar-refractivity contribution in [2.24, 2.45) is 5.73 Å². The number of carbonyl (C=O) groups is 1. The van der Waals surface area contributed by atoms with Crippen molar-refractivity contribution >= 4 is 23.9 Å². The highest BCUT2D eigenvalue weighted by Crippen LogP contribution is 1.97. The van der Waals surface area contributed by atoms with E-state index in [0.29, 0.717) is 6.42 Å². The van der Waals surface area contributed by atoms with Gasteiger partial charge in [0.25, 0.3) is 0 Å². The molecule has 0 unspecified atom stereocenters. The molecule has 0 aliphatic rings. The largest absolute Gasteiger partial charge is 0.480 e. The number of carboxylic acids is 1. The summed E-state index contributed by atoms with van der Waals surface area (Å²) in [4.78, 5) is 26.3. The van der Waals surface area contributed by atoms with E-state index in [4.69, 9.17) is 20.4 Å². The summed E-state index contributed by atoms with van der Waals surface area (Å²) < 4.78 is 0. The molecular formula is C6H11NO4S. The predicted octanol–water partition coefficient (Wildman–Crippen LogP) is -0.432.